The van der Waals surface area contributed by atoms with E-state index in [0.29, 0.717) is 18.2 Å². The van der Waals surface area contributed by atoms with Crippen LogP contribution in [0, 0.1) is 0 Å². The van der Waals surface area contributed by atoms with Crippen molar-refractivity contribution < 1.29 is 19.4 Å². The number of nitrogens with zero attached hydrogens (tertiary/aromatic N) is 1. The molecule has 0 aromatic rings. The number of carbonyl (C=O) groups excluding carboxylic acids is 1. The Balaban J connectivity index is 1.88. The minimum Gasteiger partial charge on any atom is -0.480 e. The first kappa shape index (κ1) is 12.5. The standard InChI is InChI=1S/C10H16N2O4S/c13-9(14)8-5-17-6-12(8)10(15)11-7-2-1-3-16-4-7/h7-8H,1-6H2,(H,11,15)(H,13,14). The summed E-state index contributed by atoms with van der Waals surface area (Å²) < 4.78 is 5.27. The smallest absolute Gasteiger partial charge is 0.327 e. The second kappa shape index (κ2) is 5.59. The maximum Gasteiger partial charge on any atom is 0.327 e. The van der Waals surface area contributed by atoms with E-state index in [9.17, 15) is 9.59 Å². The van der Waals surface area contributed by atoms with Crippen LogP contribution in [0.1, 0.15) is 12.8 Å². The molecule has 2 amide bonds. The molecule has 0 spiro atoms. The van der Waals surface area contributed by atoms with Crippen molar-refractivity contribution in [3.63, 3.8) is 0 Å². The maximum atomic E-state index is 11.9. The Morgan fingerprint density at radius 3 is 2.94 bits per heavy atom. The highest BCUT2D eigenvalue weighted by Gasteiger charge is 2.35. The Hall–Kier alpha value is -0.950. The minimum atomic E-state index is -0.940. The Morgan fingerprint density at radius 1 is 1.47 bits per heavy atom. The summed E-state index contributed by atoms with van der Waals surface area (Å²) >= 11 is 1.46. The van der Waals surface area contributed by atoms with Crippen molar-refractivity contribution in [3.05, 3.63) is 0 Å². The fourth-order valence-electron chi connectivity index (χ4n) is 1.96. The van der Waals surface area contributed by atoms with Crippen molar-refractivity contribution in [2.45, 2.75) is 24.9 Å². The fraction of sp³-hybridized carbons (Fsp3) is 0.800. The summed E-state index contributed by atoms with van der Waals surface area (Å²) in [6.45, 7) is 1.26. The third kappa shape index (κ3) is 3.04. The number of aliphatic carboxylic acids is 1. The van der Waals surface area contributed by atoms with E-state index < -0.39 is 12.0 Å². The number of amides is 2. The van der Waals surface area contributed by atoms with Gasteiger partial charge in [-0.05, 0) is 12.8 Å². The first-order valence-corrected chi connectivity index (χ1v) is 6.79. The second-order valence-corrected chi connectivity index (χ2v) is 5.19. The van der Waals surface area contributed by atoms with Gasteiger partial charge >= 0.3 is 12.0 Å². The van der Waals surface area contributed by atoms with Gasteiger partial charge in [0.2, 0.25) is 0 Å². The second-order valence-electron chi connectivity index (χ2n) is 4.19. The van der Waals surface area contributed by atoms with Crippen molar-refractivity contribution in [3.8, 4) is 0 Å². The predicted molar refractivity (Wildman–Crippen MR) is 63.0 cm³/mol. The molecule has 0 bridgehead atoms. The summed E-state index contributed by atoms with van der Waals surface area (Å²) in [5.41, 5.74) is 0. The molecule has 6 nitrogen and oxygen atoms in total. The number of ether oxygens (including phenoxy) is 1. The molecule has 96 valence electrons. The number of thioether (sulfide) groups is 1. The summed E-state index contributed by atoms with van der Waals surface area (Å²) in [4.78, 5) is 24.2. The van der Waals surface area contributed by atoms with E-state index in [-0.39, 0.29) is 12.1 Å². The highest BCUT2D eigenvalue weighted by Crippen LogP contribution is 2.21. The summed E-state index contributed by atoms with van der Waals surface area (Å²) in [6.07, 6.45) is 1.83. The van der Waals surface area contributed by atoms with Crippen LogP contribution < -0.4 is 5.32 Å². The quantitative estimate of drug-likeness (QED) is 0.748. The van der Waals surface area contributed by atoms with Gasteiger partial charge in [-0.15, -0.1) is 11.8 Å². The van der Waals surface area contributed by atoms with Crippen molar-refractivity contribution in [2.75, 3.05) is 24.8 Å². The highest BCUT2D eigenvalue weighted by atomic mass is 32.2. The summed E-state index contributed by atoms with van der Waals surface area (Å²) in [6, 6.07) is -0.987. The molecule has 2 atom stereocenters. The molecule has 0 saturated carbocycles. The molecule has 2 unspecified atom stereocenters. The van der Waals surface area contributed by atoms with E-state index in [0.717, 1.165) is 19.4 Å². The fourth-order valence-corrected chi connectivity index (χ4v) is 3.10. The largest absolute Gasteiger partial charge is 0.480 e. The summed E-state index contributed by atoms with van der Waals surface area (Å²) in [5, 5.41) is 11.8. The number of rotatable bonds is 2. The number of hydrogen-bond acceptors (Lipinski definition) is 4. The molecule has 2 aliphatic heterocycles. The molecule has 2 heterocycles. The first-order valence-electron chi connectivity index (χ1n) is 5.64. The Labute approximate surface area is 104 Å². The van der Waals surface area contributed by atoms with Crippen LogP contribution in [-0.2, 0) is 9.53 Å². The lowest BCUT2D eigenvalue weighted by Gasteiger charge is -2.27. The SMILES string of the molecule is O=C(O)C1CSCN1C(=O)NC1CCCOC1. The van der Waals surface area contributed by atoms with Crippen LogP contribution in [0.15, 0.2) is 0 Å². The molecule has 2 aliphatic rings. The van der Waals surface area contributed by atoms with Crippen LogP contribution in [0.5, 0.6) is 0 Å². The van der Waals surface area contributed by atoms with Crippen LogP contribution in [0.25, 0.3) is 0 Å². The number of carboxylic acids is 1. The number of carbonyl (C=O) groups is 2. The monoisotopic (exact) mass is 260 g/mol. The van der Waals surface area contributed by atoms with E-state index >= 15 is 0 Å². The minimum absolute atomic E-state index is 0.0105. The molecule has 0 radical (unpaired) electrons. The zero-order chi connectivity index (χ0) is 12.3. The lowest BCUT2D eigenvalue weighted by atomic mass is 10.1. The van der Waals surface area contributed by atoms with Crippen LogP contribution >= 0.6 is 11.8 Å². The van der Waals surface area contributed by atoms with E-state index in [1.165, 1.54) is 16.7 Å². The topological polar surface area (TPSA) is 78.9 Å². The molecule has 2 fully saturated rings. The van der Waals surface area contributed by atoms with Gasteiger partial charge in [0.15, 0.2) is 0 Å². The third-order valence-electron chi connectivity index (χ3n) is 2.92. The van der Waals surface area contributed by atoms with Gasteiger partial charge in [-0.1, -0.05) is 0 Å². The molecule has 2 saturated heterocycles. The average Bonchev–Trinajstić information content (AvgIpc) is 2.79. The Bertz CT molecular complexity index is 307. The van der Waals surface area contributed by atoms with Gasteiger partial charge in [0.1, 0.15) is 6.04 Å². The van der Waals surface area contributed by atoms with Crippen LogP contribution in [0.4, 0.5) is 4.79 Å². The van der Waals surface area contributed by atoms with E-state index in [2.05, 4.69) is 5.32 Å². The van der Waals surface area contributed by atoms with Crippen LogP contribution in [-0.4, -0.2) is 58.9 Å². The van der Waals surface area contributed by atoms with E-state index in [4.69, 9.17) is 9.84 Å². The molecule has 7 heteroatoms. The van der Waals surface area contributed by atoms with Crippen LogP contribution in [0.3, 0.4) is 0 Å². The Morgan fingerprint density at radius 2 is 2.29 bits per heavy atom. The third-order valence-corrected chi connectivity index (χ3v) is 3.93. The van der Waals surface area contributed by atoms with Gasteiger partial charge in [0, 0.05) is 12.4 Å². The molecule has 2 rings (SSSR count). The summed E-state index contributed by atoms with van der Waals surface area (Å²) in [5.74, 6) is -0.0367. The number of hydrogen-bond donors (Lipinski definition) is 2. The molecular weight excluding hydrogens is 244 g/mol. The van der Waals surface area contributed by atoms with Crippen molar-refractivity contribution in [1.29, 1.82) is 0 Å². The van der Waals surface area contributed by atoms with E-state index in [1.54, 1.807) is 0 Å². The Kier molecular flexibility index (Phi) is 4.11. The number of carboxylic acid groups (broad SMARTS) is 1. The molecule has 0 aromatic heterocycles. The molecular formula is C10H16N2O4S. The van der Waals surface area contributed by atoms with Gasteiger partial charge in [-0.25, -0.2) is 9.59 Å². The molecule has 2 N–H and O–H groups in total. The number of nitrogens with one attached hydrogen (secondary N) is 1. The van der Waals surface area contributed by atoms with Crippen molar-refractivity contribution in [1.82, 2.24) is 10.2 Å². The lowest BCUT2D eigenvalue weighted by molar-refractivity contribution is -0.140. The molecule has 0 aliphatic carbocycles. The van der Waals surface area contributed by atoms with Gasteiger partial charge in [-0.2, -0.15) is 0 Å². The maximum absolute atomic E-state index is 11.9. The highest BCUT2D eigenvalue weighted by molar-refractivity contribution is 7.99. The predicted octanol–water partition coefficient (Wildman–Crippen LogP) is 0.334. The zero-order valence-corrected chi connectivity index (χ0v) is 10.2. The van der Waals surface area contributed by atoms with Crippen molar-refractivity contribution >= 4 is 23.8 Å². The van der Waals surface area contributed by atoms with E-state index in [1.807, 2.05) is 0 Å². The normalized spacial score (nSPS) is 29.1. The summed E-state index contributed by atoms with van der Waals surface area (Å²) in [7, 11) is 0. The van der Waals surface area contributed by atoms with Gasteiger partial charge < -0.3 is 20.1 Å². The lowest BCUT2D eigenvalue weighted by Crippen LogP contribution is -2.51. The molecule has 17 heavy (non-hydrogen) atoms. The molecule has 0 aromatic carbocycles. The van der Waals surface area contributed by atoms with Gasteiger partial charge in [0.05, 0.1) is 18.5 Å². The van der Waals surface area contributed by atoms with Gasteiger partial charge in [0.25, 0.3) is 0 Å². The van der Waals surface area contributed by atoms with Gasteiger partial charge in [-0.3, -0.25) is 0 Å². The number of urea groups is 1. The zero-order valence-electron chi connectivity index (χ0n) is 9.42. The average molecular weight is 260 g/mol. The van der Waals surface area contributed by atoms with Crippen molar-refractivity contribution in [2.24, 2.45) is 0 Å². The first-order chi connectivity index (χ1) is 8.18. The van der Waals surface area contributed by atoms with Crippen LogP contribution in [0.2, 0.25) is 0 Å².